The van der Waals surface area contributed by atoms with Gasteiger partial charge in [0.15, 0.2) is 0 Å². The maximum absolute atomic E-state index is 9.44. The van der Waals surface area contributed by atoms with Crippen LogP contribution in [0.3, 0.4) is 0 Å². The van der Waals surface area contributed by atoms with Gasteiger partial charge in [-0.1, -0.05) is 50.2 Å². The molecule has 0 atom stereocenters. The van der Waals surface area contributed by atoms with E-state index in [1.807, 2.05) is 50.2 Å². The third-order valence-electron chi connectivity index (χ3n) is 0.667. The largest absolute Gasteiger partial charge is 0.300 e. The van der Waals surface area contributed by atoms with Gasteiger partial charge in [-0.25, -0.2) is 0 Å². The maximum Gasteiger partial charge on any atom is 0.126 e. The molecule has 92 valence electrons. The number of carbonyl (C=O) groups is 2. The molecular weight excluding hydrogens is 200 g/mol. The van der Waals surface area contributed by atoms with Crippen molar-refractivity contribution in [3.8, 4) is 0 Å². The van der Waals surface area contributed by atoms with Crippen LogP contribution in [0.15, 0.2) is 36.4 Å². The van der Waals surface area contributed by atoms with Crippen molar-refractivity contribution in [2.75, 3.05) is 0 Å². The van der Waals surface area contributed by atoms with Crippen molar-refractivity contribution in [1.29, 1.82) is 0 Å². The van der Waals surface area contributed by atoms with Crippen molar-refractivity contribution >= 4 is 11.6 Å². The third kappa shape index (κ3) is 80.7. The lowest BCUT2D eigenvalue weighted by atomic mass is 10.4. The number of hydrogen-bond acceptors (Lipinski definition) is 2. The van der Waals surface area contributed by atoms with Crippen LogP contribution < -0.4 is 0 Å². The molecule has 0 aliphatic carbocycles. The number of carbonyl (C=O) groups excluding carboxylic acids is 2. The van der Waals surface area contributed by atoms with Crippen molar-refractivity contribution in [2.45, 2.75) is 41.5 Å². The van der Waals surface area contributed by atoms with Crippen molar-refractivity contribution in [2.24, 2.45) is 0 Å². The summed E-state index contributed by atoms with van der Waals surface area (Å²) in [6.45, 7) is 10.1. The first-order valence-corrected chi connectivity index (χ1v) is 5.41. The summed E-state index contributed by atoms with van der Waals surface area (Å²) in [5.41, 5.74) is 0. The number of benzene rings is 1. The van der Waals surface area contributed by atoms with Crippen molar-refractivity contribution in [3.63, 3.8) is 0 Å². The van der Waals surface area contributed by atoms with Crippen molar-refractivity contribution in [1.82, 2.24) is 0 Å². The van der Waals surface area contributed by atoms with Gasteiger partial charge in [0.05, 0.1) is 0 Å². The van der Waals surface area contributed by atoms with Crippen LogP contribution in [-0.2, 0) is 9.59 Å². The van der Waals surface area contributed by atoms with Crippen LogP contribution in [0, 0.1) is 0 Å². The Hall–Kier alpha value is -1.44. The Morgan fingerprint density at radius 1 is 0.562 bits per heavy atom. The van der Waals surface area contributed by atoms with Crippen LogP contribution in [0.25, 0.3) is 0 Å². The molecule has 0 N–H and O–H groups in total. The first-order valence-electron chi connectivity index (χ1n) is 5.41. The Bertz CT molecular complexity index is 193. The van der Waals surface area contributed by atoms with Crippen LogP contribution in [-0.4, -0.2) is 11.6 Å². The smallest absolute Gasteiger partial charge is 0.126 e. The molecule has 0 spiro atoms. The highest BCUT2D eigenvalue weighted by molar-refractivity contribution is 5.72. The second-order valence-electron chi connectivity index (χ2n) is 2.97. The minimum atomic E-state index is 0.167. The van der Waals surface area contributed by atoms with E-state index in [0.717, 1.165) is 0 Å². The highest BCUT2D eigenvalue weighted by Crippen LogP contribution is 1.79. The molecule has 2 heteroatoms. The van der Waals surface area contributed by atoms with Crippen LogP contribution in [0.1, 0.15) is 41.5 Å². The lowest BCUT2D eigenvalue weighted by Gasteiger charge is -1.69. The van der Waals surface area contributed by atoms with Crippen LogP contribution in [0.5, 0.6) is 0 Å². The molecule has 0 aliphatic heterocycles. The lowest BCUT2D eigenvalue weighted by Crippen LogP contribution is -1.69. The quantitative estimate of drug-likeness (QED) is 0.669. The summed E-state index contributed by atoms with van der Waals surface area (Å²) in [7, 11) is 0. The molecule has 0 radical (unpaired) electrons. The zero-order valence-corrected chi connectivity index (χ0v) is 11.3. The Labute approximate surface area is 99.7 Å². The molecule has 0 aliphatic rings. The maximum atomic E-state index is 9.44. The van der Waals surface area contributed by atoms with E-state index in [1.165, 1.54) is 27.7 Å². The standard InChI is InChI=1S/C6H6.2C3H6O.C2H6/c1-2-4-6-5-3-1;2*1-3(2)4;1-2/h1-6H;2*1-2H3;1-2H3. The van der Waals surface area contributed by atoms with Gasteiger partial charge in [-0.05, 0) is 27.7 Å². The molecule has 2 nitrogen and oxygen atoms in total. The number of Topliss-reactive ketones (excluding diaryl/α,β-unsaturated/α-hetero) is 2. The van der Waals surface area contributed by atoms with E-state index in [1.54, 1.807) is 0 Å². The molecule has 0 aromatic heterocycles. The number of hydrogen-bond donors (Lipinski definition) is 0. The summed E-state index contributed by atoms with van der Waals surface area (Å²) in [5, 5.41) is 0. The fourth-order valence-corrected chi connectivity index (χ4v) is 0.385. The van der Waals surface area contributed by atoms with E-state index in [-0.39, 0.29) is 11.6 Å². The zero-order valence-electron chi connectivity index (χ0n) is 11.3. The SMILES string of the molecule is CC.CC(C)=O.CC(C)=O.c1ccccc1. The predicted octanol–water partition coefficient (Wildman–Crippen LogP) is 3.90. The molecule has 0 heterocycles. The van der Waals surface area contributed by atoms with Gasteiger partial charge < -0.3 is 9.59 Å². The Kier molecular flexibility index (Phi) is 24.0. The van der Waals surface area contributed by atoms with Crippen LogP contribution in [0.2, 0.25) is 0 Å². The molecule has 0 saturated carbocycles. The first-order chi connectivity index (χ1) is 7.46. The van der Waals surface area contributed by atoms with E-state index in [2.05, 4.69) is 0 Å². The summed E-state index contributed by atoms with van der Waals surface area (Å²) >= 11 is 0. The molecule has 16 heavy (non-hydrogen) atoms. The van der Waals surface area contributed by atoms with Gasteiger partial charge in [-0.15, -0.1) is 0 Å². The van der Waals surface area contributed by atoms with Gasteiger partial charge in [0.25, 0.3) is 0 Å². The van der Waals surface area contributed by atoms with Gasteiger partial charge >= 0.3 is 0 Å². The van der Waals surface area contributed by atoms with Crippen LogP contribution >= 0.6 is 0 Å². The number of ketones is 2. The molecule has 0 saturated heterocycles. The summed E-state index contributed by atoms with van der Waals surface area (Å²) in [6.07, 6.45) is 0. The van der Waals surface area contributed by atoms with E-state index < -0.39 is 0 Å². The van der Waals surface area contributed by atoms with E-state index in [4.69, 9.17) is 0 Å². The molecule has 0 bridgehead atoms. The number of rotatable bonds is 0. The lowest BCUT2D eigenvalue weighted by molar-refractivity contribution is -0.115. The Balaban J connectivity index is -0.000000152. The van der Waals surface area contributed by atoms with E-state index in [9.17, 15) is 9.59 Å². The predicted molar refractivity (Wildman–Crippen MR) is 70.5 cm³/mol. The Morgan fingerprint density at radius 2 is 0.625 bits per heavy atom. The topological polar surface area (TPSA) is 34.1 Å². The van der Waals surface area contributed by atoms with Gasteiger partial charge in [0, 0.05) is 0 Å². The van der Waals surface area contributed by atoms with E-state index in [0.29, 0.717) is 0 Å². The molecule has 1 rings (SSSR count). The monoisotopic (exact) mass is 224 g/mol. The van der Waals surface area contributed by atoms with Gasteiger partial charge in [-0.2, -0.15) is 0 Å². The Morgan fingerprint density at radius 3 is 0.688 bits per heavy atom. The van der Waals surface area contributed by atoms with Gasteiger partial charge in [-0.3, -0.25) is 0 Å². The second-order valence-corrected chi connectivity index (χ2v) is 2.97. The molecular formula is C14H24O2. The average molecular weight is 224 g/mol. The fourth-order valence-electron chi connectivity index (χ4n) is 0.385. The minimum Gasteiger partial charge on any atom is -0.300 e. The fraction of sp³-hybridized carbons (Fsp3) is 0.429. The first kappa shape index (κ1) is 20.0. The van der Waals surface area contributed by atoms with Crippen molar-refractivity contribution in [3.05, 3.63) is 36.4 Å². The molecule has 1 aromatic rings. The van der Waals surface area contributed by atoms with E-state index >= 15 is 0 Å². The minimum absolute atomic E-state index is 0.167. The average Bonchev–Trinajstić information content (AvgIpc) is 2.22. The molecule has 1 aromatic carbocycles. The molecule has 0 unspecified atom stereocenters. The van der Waals surface area contributed by atoms with Crippen molar-refractivity contribution < 1.29 is 9.59 Å². The summed E-state index contributed by atoms with van der Waals surface area (Å²) in [4.78, 5) is 18.9. The second kappa shape index (κ2) is 19.2. The zero-order chi connectivity index (χ0) is 13.4. The van der Waals surface area contributed by atoms with Crippen LogP contribution in [0.4, 0.5) is 0 Å². The molecule has 0 fully saturated rings. The summed E-state index contributed by atoms with van der Waals surface area (Å²) in [5.74, 6) is 0.333. The summed E-state index contributed by atoms with van der Waals surface area (Å²) < 4.78 is 0. The summed E-state index contributed by atoms with van der Waals surface area (Å²) in [6, 6.07) is 12.0. The van der Waals surface area contributed by atoms with Gasteiger partial charge in [0.1, 0.15) is 11.6 Å². The highest BCUT2D eigenvalue weighted by atomic mass is 16.1. The third-order valence-corrected chi connectivity index (χ3v) is 0.667. The highest BCUT2D eigenvalue weighted by Gasteiger charge is 1.62. The normalized spacial score (nSPS) is 6.62. The molecule has 0 amide bonds. The van der Waals surface area contributed by atoms with Gasteiger partial charge in [0.2, 0.25) is 0 Å².